The van der Waals surface area contributed by atoms with Crippen LogP contribution in [0.4, 0.5) is 4.79 Å². The second-order valence-electron chi connectivity index (χ2n) is 10.6. The maximum absolute atomic E-state index is 12.3. The van der Waals surface area contributed by atoms with E-state index in [0.717, 1.165) is 55.5 Å². The Morgan fingerprint density at radius 2 is 1.73 bits per heavy atom. The Morgan fingerprint density at radius 1 is 1.03 bits per heavy atom. The van der Waals surface area contributed by atoms with E-state index in [1.165, 1.54) is 32.1 Å². The highest BCUT2D eigenvalue weighted by Crippen LogP contribution is 2.60. The number of alkyl carbamates (subject to hydrolysis) is 1. The van der Waals surface area contributed by atoms with Crippen molar-refractivity contribution in [2.75, 3.05) is 6.54 Å². The predicted octanol–water partition coefficient (Wildman–Crippen LogP) is 4.00. The minimum absolute atomic E-state index is 0.0856. The molecule has 5 fully saturated rings. The Bertz CT molecular complexity index is 715. The molecule has 0 radical (unpaired) electrons. The molecule has 4 bridgehead atoms. The number of aliphatic hydroxyl groups is 1. The molecule has 3 N–H and O–H groups in total. The number of rotatable bonds is 6. The molecular formula is C25H36N2O3. The fourth-order valence-corrected chi connectivity index (χ4v) is 7.23. The molecule has 5 aliphatic carbocycles. The first-order chi connectivity index (χ1) is 14.6. The Labute approximate surface area is 180 Å². The number of hydrogen-bond donors (Lipinski definition) is 3. The average Bonchev–Trinajstić information content (AvgIpc) is 2.75. The fourth-order valence-electron chi connectivity index (χ4n) is 7.23. The van der Waals surface area contributed by atoms with Crippen LogP contribution >= 0.6 is 0 Å². The van der Waals surface area contributed by atoms with Crippen LogP contribution in [0.1, 0.15) is 63.4 Å². The molecule has 164 valence electrons. The number of carbonyl (C=O) groups excluding carboxylic acids is 1. The smallest absolute Gasteiger partial charge is 0.407 e. The summed E-state index contributed by atoms with van der Waals surface area (Å²) in [4.78, 5) is 12.3. The molecule has 5 aliphatic rings. The molecule has 0 spiro atoms. The van der Waals surface area contributed by atoms with E-state index in [4.69, 9.17) is 4.74 Å². The lowest BCUT2D eigenvalue weighted by molar-refractivity contribution is -0.0787. The van der Waals surface area contributed by atoms with Gasteiger partial charge in [0.1, 0.15) is 6.61 Å². The van der Waals surface area contributed by atoms with E-state index in [0.29, 0.717) is 18.7 Å². The van der Waals surface area contributed by atoms with Crippen LogP contribution in [0, 0.1) is 23.2 Å². The first kappa shape index (κ1) is 20.3. The Kier molecular flexibility index (Phi) is 5.76. The average molecular weight is 413 g/mol. The Hall–Kier alpha value is -1.59. The lowest BCUT2D eigenvalue weighted by Crippen LogP contribution is -2.62. The lowest BCUT2D eigenvalue weighted by atomic mass is 9.48. The maximum Gasteiger partial charge on any atom is 0.407 e. The van der Waals surface area contributed by atoms with E-state index in [-0.39, 0.29) is 17.6 Å². The van der Waals surface area contributed by atoms with Gasteiger partial charge in [0.15, 0.2) is 0 Å². The minimum Gasteiger partial charge on any atom is -0.445 e. The van der Waals surface area contributed by atoms with Crippen LogP contribution in [0.15, 0.2) is 30.3 Å². The summed E-state index contributed by atoms with van der Waals surface area (Å²) in [6.07, 6.45) is 10.2. The molecule has 5 saturated carbocycles. The molecule has 5 heteroatoms. The van der Waals surface area contributed by atoms with E-state index in [9.17, 15) is 9.90 Å². The Balaban J connectivity index is 1.13. The van der Waals surface area contributed by atoms with Gasteiger partial charge in [-0.1, -0.05) is 30.3 Å². The van der Waals surface area contributed by atoms with Crippen molar-refractivity contribution < 1.29 is 14.6 Å². The van der Waals surface area contributed by atoms with Crippen LogP contribution in [0.5, 0.6) is 0 Å². The molecule has 1 aromatic carbocycles. The van der Waals surface area contributed by atoms with Gasteiger partial charge in [0.05, 0.1) is 6.10 Å². The monoisotopic (exact) mass is 412 g/mol. The predicted molar refractivity (Wildman–Crippen MR) is 116 cm³/mol. The summed E-state index contributed by atoms with van der Waals surface area (Å²) in [5.41, 5.74) is 1.29. The van der Waals surface area contributed by atoms with Crippen LogP contribution < -0.4 is 10.6 Å². The molecule has 0 aliphatic heterocycles. The van der Waals surface area contributed by atoms with Gasteiger partial charge in [0.25, 0.3) is 0 Å². The van der Waals surface area contributed by atoms with Crippen molar-refractivity contribution in [1.82, 2.24) is 10.6 Å². The second kappa shape index (κ2) is 8.51. The van der Waals surface area contributed by atoms with Gasteiger partial charge >= 0.3 is 6.09 Å². The van der Waals surface area contributed by atoms with Crippen LogP contribution in [0.3, 0.4) is 0 Å². The molecule has 0 aromatic heterocycles. The normalized spacial score (nSPS) is 39.6. The van der Waals surface area contributed by atoms with Crippen LogP contribution in [0.2, 0.25) is 0 Å². The third-order valence-corrected chi connectivity index (χ3v) is 8.35. The zero-order chi connectivity index (χ0) is 20.6. The molecule has 6 rings (SSSR count). The summed E-state index contributed by atoms with van der Waals surface area (Å²) in [6, 6.07) is 11.1. The molecule has 30 heavy (non-hydrogen) atoms. The van der Waals surface area contributed by atoms with Crippen molar-refractivity contribution in [2.24, 2.45) is 23.2 Å². The number of hydrogen-bond acceptors (Lipinski definition) is 4. The number of aliphatic hydroxyl groups excluding tert-OH is 1. The highest BCUT2D eigenvalue weighted by atomic mass is 16.5. The third kappa shape index (κ3) is 4.38. The van der Waals surface area contributed by atoms with Gasteiger partial charge in [0.2, 0.25) is 0 Å². The SMILES string of the molecule is O=C(NCC12CC3C[C@H](C1)C(NC1CCC(O)CC1)[C@@H](C3)C2)OCc1ccccc1. The van der Waals surface area contributed by atoms with Crippen LogP contribution in [-0.4, -0.2) is 35.9 Å². The second-order valence-corrected chi connectivity index (χ2v) is 10.6. The van der Waals surface area contributed by atoms with Gasteiger partial charge in [-0.25, -0.2) is 4.79 Å². The maximum atomic E-state index is 12.3. The van der Waals surface area contributed by atoms with E-state index in [1.807, 2.05) is 30.3 Å². The summed E-state index contributed by atoms with van der Waals surface area (Å²) in [5, 5.41) is 16.9. The first-order valence-corrected chi connectivity index (χ1v) is 12.0. The van der Waals surface area contributed by atoms with Crippen LogP contribution in [0.25, 0.3) is 0 Å². The number of ether oxygens (including phenoxy) is 1. The third-order valence-electron chi connectivity index (χ3n) is 8.35. The highest BCUT2D eigenvalue weighted by Gasteiger charge is 2.55. The molecular weight excluding hydrogens is 376 g/mol. The fraction of sp³-hybridized carbons (Fsp3) is 0.720. The van der Waals surface area contributed by atoms with Crippen molar-refractivity contribution in [3.63, 3.8) is 0 Å². The van der Waals surface area contributed by atoms with Crippen molar-refractivity contribution in [2.45, 2.75) is 82.6 Å². The quantitative estimate of drug-likeness (QED) is 0.660. The summed E-state index contributed by atoms with van der Waals surface area (Å²) in [5.74, 6) is 2.31. The lowest BCUT2D eigenvalue weighted by Gasteiger charge is -2.61. The Morgan fingerprint density at radius 3 is 2.43 bits per heavy atom. The topological polar surface area (TPSA) is 70.6 Å². The molecule has 1 aromatic rings. The van der Waals surface area contributed by atoms with E-state index in [2.05, 4.69) is 10.6 Å². The number of carbonyl (C=O) groups is 1. The van der Waals surface area contributed by atoms with Gasteiger partial charge in [-0.2, -0.15) is 0 Å². The summed E-state index contributed by atoms with van der Waals surface area (Å²) in [6.45, 7) is 1.09. The van der Waals surface area contributed by atoms with Crippen LogP contribution in [-0.2, 0) is 11.3 Å². The molecule has 0 saturated heterocycles. The molecule has 5 nitrogen and oxygen atoms in total. The van der Waals surface area contributed by atoms with E-state index >= 15 is 0 Å². The largest absolute Gasteiger partial charge is 0.445 e. The molecule has 1 amide bonds. The standard InChI is InChI=1S/C25H36N2O3/c28-22-8-6-21(7-9-22)27-23-19-10-18-11-20(23)14-25(12-18,13-19)16-26-24(29)30-15-17-4-2-1-3-5-17/h1-5,18-23,27-28H,6-16H2,(H,26,29)/t18?,19-,20+,21?,22?,23?,25?. The highest BCUT2D eigenvalue weighted by molar-refractivity contribution is 5.67. The summed E-state index contributed by atoms with van der Waals surface area (Å²) in [7, 11) is 0. The minimum atomic E-state index is -0.287. The molecule has 0 heterocycles. The van der Waals surface area contributed by atoms with E-state index < -0.39 is 0 Å². The van der Waals surface area contributed by atoms with Crippen molar-refractivity contribution in [3.05, 3.63) is 35.9 Å². The van der Waals surface area contributed by atoms with E-state index in [1.54, 1.807) is 0 Å². The molecule has 5 atom stereocenters. The van der Waals surface area contributed by atoms with Crippen molar-refractivity contribution in [1.29, 1.82) is 0 Å². The number of benzene rings is 1. The van der Waals surface area contributed by atoms with Gasteiger partial charge in [-0.15, -0.1) is 0 Å². The van der Waals surface area contributed by atoms with Crippen molar-refractivity contribution >= 4 is 6.09 Å². The summed E-state index contributed by atoms with van der Waals surface area (Å²) >= 11 is 0. The van der Waals surface area contributed by atoms with Gasteiger partial charge < -0.3 is 20.5 Å². The van der Waals surface area contributed by atoms with Gasteiger partial charge in [0, 0.05) is 18.6 Å². The van der Waals surface area contributed by atoms with Gasteiger partial charge in [-0.3, -0.25) is 0 Å². The number of amides is 1. The first-order valence-electron chi connectivity index (χ1n) is 12.0. The van der Waals surface area contributed by atoms with Crippen molar-refractivity contribution in [3.8, 4) is 0 Å². The zero-order valence-electron chi connectivity index (χ0n) is 17.9. The molecule has 3 unspecified atom stereocenters. The van der Waals surface area contributed by atoms with Gasteiger partial charge in [-0.05, 0) is 86.5 Å². The summed E-state index contributed by atoms with van der Waals surface area (Å²) < 4.78 is 5.44. The number of nitrogens with one attached hydrogen (secondary N) is 2. The zero-order valence-corrected chi connectivity index (χ0v) is 17.9.